The van der Waals surface area contributed by atoms with Crippen LogP contribution in [0.5, 0.6) is 0 Å². The number of anilines is 1. The normalized spacial score (nSPS) is 33.4. The van der Waals surface area contributed by atoms with Gasteiger partial charge in [-0.1, -0.05) is 12.1 Å². The average molecular weight is 512 g/mol. The lowest BCUT2D eigenvalue weighted by Crippen LogP contribution is -2.44. The largest absolute Gasteiger partial charge is 0.475 e. The van der Waals surface area contributed by atoms with E-state index in [4.69, 9.17) is 24.0 Å². The summed E-state index contributed by atoms with van der Waals surface area (Å²) in [6.07, 6.45) is -1.80. The van der Waals surface area contributed by atoms with Crippen molar-refractivity contribution in [1.29, 1.82) is 0 Å². The number of benzene rings is 1. The highest BCUT2D eigenvalue weighted by Gasteiger charge is 2.54. The SMILES string of the molecule is C[C@@]1(O)[C@H](O)[C@@H](CO[P@@]2(=O)OCC[C@@H](c3cccc(F)c3F)O2)O[C@H]1n1ccc2c(N)ncnc21. The Kier molecular flexibility index (Phi) is 6.12. The van der Waals surface area contributed by atoms with Gasteiger partial charge in [0.2, 0.25) is 0 Å². The number of aromatic nitrogens is 3. The Morgan fingerprint density at radius 2 is 2.14 bits per heavy atom. The number of nitrogens with zero attached hydrogens (tertiary/aromatic N) is 3. The molecule has 0 bridgehead atoms. The summed E-state index contributed by atoms with van der Waals surface area (Å²) in [4.78, 5) is 8.09. The second-order valence-corrected chi connectivity index (χ2v) is 10.1. The Morgan fingerprint density at radius 3 is 2.94 bits per heavy atom. The van der Waals surface area contributed by atoms with Crippen LogP contribution < -0.4 is 5.73 Å². The van der Waals surface area contributed by atoms with Gasteiger partial charge in [-0.3, -0.25) is 13.6 Å². The molecule has 0 aliphatic carbocycles. The molecule has 6 atom stereocenters. The maximum absolute atomic E-state index is 14.2. The number of aliphatic hydroxyl groups excluding tert-OH is 1. The first-order valence-electron chi connectivity index (χ1n) is 10.7. The lowest BCUT2D eigenvalue weighted by Gasteiger charge is -2.30. The number of phosphoric acid groups is 1. The fourth-order valence-corrected chi connectivity index (χ4v) is 5.67. The van der Waals surface area contributed by atoms with Crippen molar-refractivity contribution in [3.05, 3.63) is 54.0 Å². The van der Waals surface area contributed by atoms with Crippen molar-refractivity contribution in [2.45, 2.75) is 43.5 Å². The van der Waals surface area contributed by atoms with E-state index in [-0.39, 0.29) is 24.4 Å². The van der Waals surface area contributed by atoms with Gasteiger partial charge in [0.25, 0.3) is 0 Å². The molecule has 3 aromatic rings. The van der Waals surface area contributed by atoms with E-state index in [0.717, 1.165) is 6.07 Å². The molecule has 2 aromatic heterocycles. The highest BCUT2D eigenvalue weighted by atomic mass is 31.2. The molecular formula is C21H23F2N4O7P. The van der Waals surface area contributed by atoms with E-state index in [2.05, 4.69) is 9.97 Å². The van der Waals surface area contributed by atoms with Crippen LogP contribution in [0.3, 0.4) is 0 Å². The van der Waals surface area contributed by atoms with Crippen LogP contribution in [-0.4, -0.2) is 55.8 Å². The van der Waals surface area contributed by atoms with E-state index in [0.29, 0.717) is 11.0 Å². The summed E-state index contributed by atoms with van der Waals surface area (Å²) in [6, 6.07) is 5.24. The lowest BCUT2D eigenvalue weighted by molar-refractivity contribution is -0.0951. The van der Waals surface area contributed by atoms with Crippen LogP contribution in [0, 0.1) is 11.6 Å². The molecule has 2 fully saturated rings. The minimum Gasteiger partial charge on any atom is -0.387 e. The zero-order valence-electron chi connectivity index (χ0n) is 18.5. The summed E-state index contributed by atoms with van der Waals surface area (Å²) in [5, 5.41) is 22.3. The molecule has 1 aromatic carbocycles. The van der Waals surface area contributed by atoms with E-state index in [9.17, 15) is 23.6 Å². The molecule has 0 amide bonds. The van der Waals surface area contributed by atoms with Crippen LogP contribution in [0.15, 0.2) is 36.8 Å². The molecule has 35 heavy (non-hydrogen) atoms. The van der Waals surface area contributed by atoms with Gasteiger partial charge in [0.05, 0.1) is 24.7 Å². The number of nitrogens with two attached hydrogens (primary N) is 1. The van der Waals surface area contributed by atoms with Gasteiger partial charge in [0.1, 0.15) is 35.6 Å². The third-order valence-corrected chi connectivity index (χ3v) is 7.64. The van der Waals surface area contributed by atoms with Gasteiger partial charge in [0, 0.05) is 18.2 Å². The monoisotopic (exact) mass is 512 g/mol. The Bertz CT molecular complexity index is 1310. The van der Waals surface area contributed by atoms with Crippen molar-refractivity contribution < 1.29 is 41.9 Å². The van der Waals surface area contributed by atoms with Crippen LogP contribution >= 0.6 is 7.82 Å². The number of hydrogen-bond donors (Lipinski definition) is 3. The Morgan fingerprint density at radius 1 is 1.34 bits per heavy atom. The number of phosphoric ester groups is 1. The van der Waals surface area contributed by atoms with Crippen molar-refractivity contribution in [1.82, 2.24) is 14.5 Å². The Hall–Kier alpha value is -2.51. The van der Waals surface area contributed by atoms with Gasteiger partial charge in [0.15, 0.2) is 17.9 Å². The van der Waals surface area contributed by atoms with Gasteiger partial charge in [-0.15, -0.1) is 0 Å². The smallest absolute Gasteiger partial charge is 0.387 e. The summed E-state index contributed by atoms with van der Waals surface area (Å²) >= 11 is 0. The second kappa shape index (κ2) is 8.86. The predicted octanol–water partition coefficient (Wildman–Crippen LogP) is 2.60. The highest BCUT2D eigenvalue weighted by molar-refractivity contribution is 7.48. The average Bonchev–Trinajstić information content (AvgIpc) is 3.34. The quantitative estimate of drug-likeness (QED) is 0.435. The third-order valence-electron chi connectivity index (χ3n) is 6.16. The molecule has 4 N–H and O–H groups in total. The summed E-state index contributed by atoms with van der Waals surface area (Å²) in [7, 11) is -4.22. The first-order chi connectivity index (χ1) is 16.6. The molecule has 11 nitrogen and oxygen atoms in total. The first-order valence-corrected chi connectivity index (χ1v) is 12.2. The van der Waals surface area contributed by atoms with Gasteiger partial charge in [-0.25, -0.2) is 23.3 Å². The zero-order chi connectivity index (χ0) is 25.0. The van der Waals surface area contributed by atoms with Crippen molar-refractivity contribution in [3.63, 3.8) is 0 Å². The van der Waals surface area contributed by atoms with E-state index in [1.165, 1.54) is 30.0 Å². The van der Waals surface area contributed by atoms with Crippen LogP contribution in [0.25, 0.3) is 11.0 Å². The van der Waals surface area contributed by atoms with E-state index in [1.807, 2.05) is 0 Å². The number of hydrogen-bond acceptors (Lipinski definition) is 10. The number of aliphatic hydroxyl groups is 2. The number of fused-ring (bicyclic) bond motifs is 1. The summed E-state index contributed by atoms with van der Waals surface area (Å²) in [5.41, 5.74) is 4.33. The van der Waals surface area contributed by atoms with Crippen LogP contribution in [0.1, 0.15) is 31.2 Å². The summed E-state index contributed by atoms with van der Waals surface area (Å²) in [5.74, 6) is -1.93. The fraction of sp³-hybridized carbons (Fsp3) is 0.429. The number of ether oxygens (including phenoxy) is 1. The van der Waals surface area contributed by atoms with E-state index < -0.39 is 56.2 Å². The highest BCUT2D eigenvalue weighted by Crippen LogP contribution is 2.57. The van der Waals surface area contributed by atoms with Crippen LogP contribution in [0.2, 0.25) is 0 Å². The molecule has 0 spiro atoms. The van der Waals surface area contributed by atoms with Crippen molar-refractivity contribution in [2.24, 2.45) is 0 Å². The maximum Gasteiger partial charge on any atom is 0.475 e. The summed E-state index contributed by atoms with van der Waals surface area (Å²) in [6.45, 7) is 0.791. The third kappa shape index (κ3) is 4.23. The molecular weight excluding hydrogens is 489 g/mol. The van der Waals surface area contributed by atoms with Crippen molar-refractivity contribution in [3.8, 4) is 0 Å². The Balaban J connectivity index is 1.32. The Labute approximate surface area is 198 Å². The van der Waals surface area contributed by atoms with E-state index in [1.54, 1.807) is 12.3 Å². The number of rotatable bonds is 5. The van der Waals surface area contributed by atoms with Crippen molar-refractivity contribution >= 4 is 24.7 Å². The molecule has 2 saturated heterocycles. The van der Waals surface area contributed by atoms with Gasteiger partial charge in [-0.2, -0.15) is 0 Å². The van der Waals surface area contributed by atoms with Gasteiger partial charge in [-0.05, 0) is 19.1 Å². The van der Waals surface area contributed by atoms with Crippen molar-refractivity contribution in [2.75, 3.05) is 18.9 Å². The number of nitrogen functional groups attached to an aromatic ring is 1. The molecule has 2 aliphatic heterocycles. The topological polar surface area (TPSA) is 151 Å². The predicted molar refractivity (Wildman–Crippen MR) is 117 cm³/mol. The molecule has 0 saturated carbocycles. The number of halogens is 2. The van der Waals surface area contributed by atoms with Gasteiger partial charge < -0.3 is 25.3 Å². The lowest BCUT2D eigenvalue weighted by atomic mass is 9.96. The molecule has 188 valence electrons. The zero-order valence-corrected chi connectivity index (χ0v) is 19.3. The maximum atomic E-state index is 14.2. The van der Waals surface area contributed by atoms with Crippen LogP contribution in [-0.2, 0) is 22.9 Å². The van der Waals surface area contributed by atoms with Crippen LogP contribution in [0.4, 0.5) is 14.6 Å². The molecule has 5 rings (SSSR count). The molecule has 4 heterocycles. The molecule has 2 aliphatic rings. The standard InChI is InChI=1S/C21H23F2N4O7P/c1-21(29)17(28)15(33-20(21)27-7-5-12-18(24)25-10-26-19(12)27)9-32-35(30)31-8-6-14(34-35)11-3-2-4-13(22)16(11)23/h2-5,7,10,14-15,17,20,28-29H,6,8-9H2,1H3,(H2,24,25,26)/t14-,15+,17+,20+,21+,35+/m0/s1. The molecule has 0 unspecified atom stereocenters. The second-order valence-electron chi connectivity index (χ2n) is 8.52. The fourth-order valence-electron chi connectivity index (χ4n) is 4.28. The van der Waals surface area contributed by atoms with E-state index >= 15 is 0 Å². The van der Waals surface area contributed by atoms with Gasteiger partial charge >= 0.3 is 7.82 Å². The molecule has 0 radical (unpaired) electrons. The minimum atomic E-state index is -4.22. The first kappa shape index (κ1) is 24.2. The minimum absolute atomic E-state index is 0.0944. The molecule has 14 heteroatoms. The summed E-state index contributed by atoms with van der Waals surface area (Å²) < 4.78 is 64.1.